The normalized spacial score (nSPS) is 10.9. The van der Waals surface area contributed by atoms with E-state index in [-0.39, 0.29) is 5.82 Å². The van der Waals surface area contributed by atoms with E-state index in [0.717, 1.165) is 12.1 Å². The zero-order valence-electron chi connectivity index (χ0n) is 10.2. The minimum Gasteiger partial charge on any atom is -0.347 e. The minimum absolute atomic E-state index is 0.217. The van der Waals surface area contributed by atoms with E-state index in [0.29, 0.717) is 4.47 Å². The molecule has 17 heavy (non-hydrogen) atoms. The van der Waals surface area contributed by atoms with Crippen LogP contribution in [-0.2, 0) is 6.54 Å². The van der Waals surface area contributed by atoms with E-state index >= 15 is 0 Å². The van der Waals surface area contributed by atoms with Crippen LogP contribution >= 0.6 is 15.9 Å². The van der Waals surface area contributed by atoms with Gasteiger partial charge in [-0.1, -0.05) is 6.07 Å². The molecule has 0 atom stereocenters. The number of hydrogen-bond donors (Lipinski definition) is 0. The summed E-state index contributed by atoms with van der Waals surface area (Å²) in [5.41, 5.74) is 4.98. The van der Waals surface area contributed by atoms with Crippen molar-refractivity contribution in [2.75, 3.05) is 0 Å². The molecule has 1 aromatic heterocycles. The topological polar surface area (TPSA) is 4.93 Å². The minimum atomic E-state index is -0.217. The predicted molar refractivity (Wildman–Crippen MR) is 71.8 cm³/mol. The van der Waals surface area contributed by atoms with E-state index in [9.17, 15) is 4.39 Å². The van der Waals surface area contributed by atoms with E-state index in [1.54, 1.807) is 0 Å². The van der Waals surface area contributed by atoms with E-state index in [1.807, 2.05) is 12.1 Å². The Bertz CT molecular complexity index is 558. The van der Waals surface area contributed by atoms with Gasteiger partial charge in [-0.25, -0.2) is 4.39 Å². The van der Waals surface area contributed by atoms with E-state index in [1.165, 1.54) is 22.9 Å². The molecule has 0 aliphatic carbocycles. The number of hydrogen-bond acceptors (Lipinski definition) is 0. The molecule has 0 unspecified atom stereocenters. The van der Waals surface area contributed by atoms with Gasteiger partial charge < -0.3 is 4.57 Å². The number of nitrogens with zero attached hydrogens (tertiary/aromatic N) is 1. The highest BCUT2D eigenvalue weighted by molar-refractivity contribution is 9.10. The van der Waals surface area contributed by atoms with Crippen LogP contribution in [0.15, 0.2) is 28.9 Å². The second kappa shape index (κ2) is 4.65. The van der Waals surface area contributed by atoms with Crippen molar-refractivity contribution in [3.63, 3.8) is 0 Å². The quantitative estimate of drug-likeness (QED) is 0.776. The highest BCUT2D eigenvalue weighted by Gasteiger charge is 2.06. The summed E-state index contributed by atoms with van der Waals surface area (Å²) in [6.45, 7) is 7.13. The molecule has 1 aromatic carbocycles. The van der Waals surface area contributed by atoms with Gasteiger partial charge in [-0.15, -0.1) is 0 Å². The largest absolute Gasteiger partial charge is 0.347 e. The summed E-state index contributed by atoms with van der Waals surface area (Å²) in [5.74, 6) is -0.217. The summed E-state index contributed by atoms with van der Waals surface area (Å²) in [6, 6.07) is 5.15. The highest BCUT2D eigenvalue weighted by atomic mass is 79.9. The van der Waals surface area contributed by atoms with Crippen LogP contribution < -0.4 is 0 Å². The first kappa shape index (κ1) is 12.4. The Kier molecular flexibility index (Phi) is 3.38. The number of rotatable bonds is 2. The second-order valence-corrected chi connectivity index (χ2v) is 5.25. The fourth-order valence-electron chi connectivity index (χ4n) is 1.93. The van der Waals surface area contributed by atoms with Gasteiger partial charge in [0, 0.05) is 18.4 Å². The summed E-state index contributed by atoms with van der Waals surface area (Å²) in [5, 5.41) is 0. The first-order valence-electron chi connectivity index (χ1n) is 5.56. The maximum Gasteiger partial charge on any atom is 0.137 e. The summed E-state index contributed by atoms with van der Waals surface area (Å²) in [7, 11) is 0. The first-order valence-corrected chi connectivity index (χ1v) is 6.35. The number of aryl methyl sites for hydroxylation is 1. The van der Waals surface area contributed by atoms with Crippen molar-refractivity contribution < 1.29 is 4.39 Å². The lowest BCUT2D eigenvalue weighted by molar-refractivity contribution is 0.619. The van der Waals surface area contributed by atoms with Crippen molar-refractivity contribution in [3.8, 4) is 0 Å². The monoisotopic (exact) mass is 295 g/mol. The molecule has 0 aliphatic rings. The second-order valence-electron chi connectivity index (χ2n) is 4.40. The molecule has 0 radical (unpaired) electrons. The zero-order chi connectivity index (χ0) is 12.6. The van der Waals surface area contributed by atoms with Gasteiger partial charge in [-0.2, -0.15) is 0 Å². The summed E-state index contributed by atoms with van der Waals surface area (Å²) >= 11 is 3.21. The van der Waals surface area contributed by atoms with Crippen molar-refractivity contribution in [2.24, 2.45) is 0 Å². The maximum atomic E-state index is 13.1. The van der Waals surface area contributed by atoms with Crippen LogP contribution in [0.25, 0.3) is 0 Å². The van der Waals surface area contributed by atoms with Gasteiger partial charge in [0.25, 0.3) is 0 Å². The maximum absolute atomic E-state index is 13.1. The lowest BCUT2D eigenvalue weighted by atomic mass is 10.2. The average molecular weight is 296 g/mol. The van der Waals surface area contributed by atoms with Crippen LogP contribution in [0.2, 0.25) is 0 Å². The molecule has 1 nitrogen and oxygen atoms in total. The van der Waals surface area contributed by atoms with Gasteiger partial charge in [0.05, 0.1) is 4.47 Å². The van der Waals surface area contributed by atoms with Gasteiger partial charge in [-0.3, -0.25) is 0 Å². The molecule has 90 valence electrons. The fourth-order valence-corrected chi connectivity index (χ4v) is 2.35. The number of halogens is 2. The van der Waals surface area contributed by atoms with E-state index in [2.05, 4.69) is 47.5 Å². The molecule has 0 aliphatic heterocycles. The summed E-state index contributed by atoms with van der Waals surface area (Å²) in [6.07, 6.45) is 2.14. The van der Waals surface area contributed by atoms with Crippen molar-refractivity contribution in [2.45, 2.75) is 27.3 Å². The van der Waals surface area contributed by atoms with Gasteiger partial charge in [0.2, 0.25) is 0 Å². The van der Waals surface area contributed by atoms with Crippen LogP contribution in [-0.4, -0.2) is 4.57 Å². The molecule has 3 heteroatoms. The number of benzene rings is 1. The van der Waals surface area contributed by atoms with Crippen LogP contribution in [0, 0.1) is 26.6 Å². The third-order valence-electron chi connectivity index (χ3n) is 3.25. The van der Waals surface area contributed by atoms with Crippen LogP contribution in [0.4, 0.5) is 4.39 Å². The molecule has 0 amide bonds. The third-order valence-corrected chi connectivity index (χ3v) is 3.86. The molecule has 0 fully saturated rings. The van der Waals surface area contributed by atoms with E-state index < -0.39 is 0 Å². The van der Waals surface area contributed by atoms with Crippen molar-refractivity contribution in [1.82, 2.24) is 4.57 Å². The molecule has 0 spiro atoms. The molecular weight excluding hydrogens is 281 g/mol. The molecule has 1 heterocycles. The Balaban J connectivity index is 2.31. The lowest BCUT2D eigenvalue weighted by Crippen LogP contribution is -2.00. The molecular formula is C14H15BrFN. The number of aromatic nitrogens is 1. The Morgan fingerprint density at radius 2 is 1.94 bits per heavy atom. The van der Waals surface area contributed by atoms with Gasteiger partial charge in [0.15, 0.2) is 0 Å². The lowest BCUT2D eigenvalue weighted by Gasteiger charge is -2.07. The Hall–Kier alpha value is -1.09. The van der Waals surface area contributed by atoms with Gasteiger partial charge >= 0.3 is 0 Å². The smallest absolute Gasteiger partial charge is 0.137 e. The highest BCUT2D eigenvalue weighted by Crippen LogP contribution is 2.20. The Labute approximate surface area is 109 Å². The predicted octanol–water partition coefficient (Wildman–Crippen LogP) is 4.36. The Morgan fingerprint density at radius 3 is 2.47 bits per heavy atom. The fraction of sp³-hybridized carbons (Fsp3) is 0.286. The SMILES string of the molecule is Cc1cn(Cc2ccc(F)c(Br)c2)c(C)c1C. The van der Waals surface area contributed by atoms with Crippen LogP contribution in [0.5, 0.6) is 0 Å². The van der Waals surface area contributed by atoms with Crippen LogP contribution in [0.3, 0.4) is 0 Å². The molecule has 2 rings (SSSR count). The average Bonchev–Trinajstić information content (AvgIpc) is 2.52. The van der Waals surface area contributed by atoms with E-state index in [4.69, 9.17) is 0 Å². The standard InChI is InChI=1S/C14H15BrFN/c1-9-7-17(11(3)10(9)2)8-12-4-5-14(16)13(15)6-12/h4-7H,8H2,1-3H3. The molecule has 0 saturated carbocycles. The zero-order valence-corrected chi connectivity index (χ0v) is 11.8. The van der Waals surface area contributed by atoms with Crippen molar-refractivity contribution >= 4 is 15.9 Å². The molecule has 0 bridgehead atoms. The summed E-state index contributed by atoms with van der Waals surface area (Å²) < 4.78 is 15.9. The molecule has 0 saturated heterocycles. The van der Waals surface area contributed by atoms with Crippen molar-refractivity contribution in [3.05, 3.63) is 57.1 Å². The summed E-state index contributed by atoms with van der Waals surface area (Å²) in [4.78, 5) is 0. The van der Waals surface area contributed by atoms with Gasteiger partial charge in [0.1, 0.15) is 5.82 Å². The Morgan fingerprint density at radius 1 is 1.24 bits per heavy atom. The van der Waals surface area contributed by atoms with Gasteiger partial charge in [-0.05, 0) is 65.5 Å². The van der Waals surface area contributed by atoms with Crippen molar-refractivity contribution in [1.29, 1.82) is 0 Å². The molecule has 0 N–H and O–H groups in total. The third kappa shape index (κ3) is 2.44. The molecule has 2 aromatic rings. The first-order chi connectivity index (χ1) is 7.99. The van der Waals surface area contributed by atoms with Crippen LogP contribution in [0.1, 0.15) is 22.4 Å².